The van der Waals surface area contributed by atoms with Crippen LogP contribution < -0.4 is 10.1 Å². The van der Waals surface area contributed by atoms with Gasteiger partial charge in [0, 0.05) is 4.88 Å². The number of hydrogen-bond acceptors (Lipinski definition) is 5. The molecule has 0 spiro atoms. The molecule has 0 saturated heterocycles. The summed E-state index contributed by atoms with van der Waals surface area (Å²) < 4.78 is 6.25. The van der Waals surface area contributed by atoms with E-state index in [4.69, 9.17) is 16.3 Å². The van der Waals surface area contributed by atoms with Crippen molar-refractivity contribution in [3.63, 3.8) is 0 Å². The van der Waals surface area contributed by atoms with Gasteiger partial charge in [0.1, 0.15) is 12.1 Å². The van der Waals surface area contributed by atoms with Crippen molar-refractivity contribution in [1.29, 1.82) is 0 Å². The Morgan fingerprint density at radius 3 is 2.84 bits per heavy atom. The number of aromatic nitrogens is 2. The molecule has 0 aliphatic heterocycles. The predicted molar refractivity (Wildman–Crippen MR) is 79.3 cm³/mol. The average molecular weight is 298 g/mol. The van der Waals surface area contributed by atoms with E-state index in [0.29, 0.717) is 12.5 Å². The number of ether oxygens (including phenoxy) is 1. The lowest BCUT2D eigenvalue weighted by Gasteiger charge is -2.15. The van der Waals surface area contributed by atoms with Crippen LogP contribution >= 0.6 is 22.9 Å². The fourth-order valence-electron chi connectivity index (χ4n) is 1.70. The summed E-state index contributed by atoms with van der Waals surface area (Å²) in [5.74, 6) is 1.41. The number of halogens is 1. The molecule has 1 atom stereocenters. The molecule has 0 aliphatic carbocycles. The molecule has 2 heterocycles. The van der Waals surface area contributed by atoms with Crippen LogP contribution in [0.4, 0.5) is 5.82 Å². The molecular weight excluding hydrogens is 282 g/mol. The third-order valence-corrected chi connectivity index (χ3v) is 4.11. The van der Waals surface area contributed by atoms with Crippen LogP contribution in [0.25, 0.3) is 0 Å². The number of hydrogen-bond donors (Lipinski definition) is 1. The standard InChI is InChI=1S/C13H16ClN3OS/c1-4-18-13-8(2)12(15-7-16-13)17-9(3)10-5-6-11(14)19-10/h5-7,9H,4H2,1-3H3,(H,15,16,17). The lowest BCUT2D eigenvalue weighted by molar-refractivity contribution is 0.324. The zero-order chi connectivity index (χ0) is 13.8. The van der Waals surface area contributed by atoms with Crippen LogP contribution in [0.1, 0.15) is 30.3 Å². The highest BCUT2D eigenvalue weighted by molar-refractivity contribution is 7.16. The zero-order valence-corrected chi connectivity index (χ0v) is 12.7. The van der Waals surface area contributed by atoms with Crippen molar-refractivity contribution >= 4 is 28.8 Å². The Bertz CT molecular complexity index is 559. The summed E-state index contributed by atoms with van der Waals surface area (Å²) in [6, 6.07) is 4.06. The molecule has 1 N–H and O–H groups in total. The lowest BCUT2D eigenvalue weighted by Crippen LogP contribution is -2.09. The minimum atomic E-state index is 0.139. The smallest absolute Gasteiger partial charge is 0.221 e. The second kappa shape index (κ2) is 6.21. The zero-order valence-electron chi connectivity index (χ0n) is 11.1. The molecule has 0 aliphatic rings. The first-order valence-corrected chi connectivity index (χ1v) is 7.27. The SMILES string of the molecule is CCOc1ncnc(NC(C)c2ccc(Cl)s2)c1C. The highest BCUT2D eigenvalue weighted by Crippen LogP contribution is 2.30. The number of rotatable bonds is 5. The first-order valence-electron chi connectivity index (χ1n) is 6.08. The van der Waals surface area contributed by atoms with Gasteiger partial charge in [0.05, 0.1) is 22.5 Å². The number of nitrogens with one attached hydrogen (secondary N) is 1. The van der Waals surface area contributed by atoms with Crippen LogP contribution in [-0.2, 0) is 0 Å². The molecule has 19 heavy (non-hydrogen) atoms. The van der Waals surface area contributed by atoms with Gasteiger partial charge in [-0.15, -0.1) is 11.3 Å². The van der Waals surface area contributed by atoms with E-state index < -0.39 is 0 Å². The van der Waals surface area contributed by atoms with E-state index in [2.05, 4.69) is 22.2 Å². The minimum Gasteiger partial charge on any atom is -0.478 e. The van der Waals surface area contributed by atoms with E-state index in [1.807, 2.05) is 26.0 Å². The maximum atomic E-state index is 5.95. The van der Waals surface area contributed by atoms with E-state index in [-0.39, 0.29) is 6.04 Å². The Morgan fingerprint density at radius 1 is 1.42 bits per heavy atom. The van der Waals surface area contributed by atoms with E-state index in [0.717, 1.165) is 15.7 Å². The Balaban J connectivity index is 2.16. The van der Waals surface area contributed by atoms with Crippen molar-refractivity contribution < 1.29 is 4.74 Å². The molecule has 0 aromatic carbocycles. The van der Waals surface area contributed by atoms with Crippen molar-refractivity contribution in [1.82, 2.24) is 9.97 Å². The van der Waals surface area contributed by atoms with E-state index >= 15 is 0 Å². The number of thiophene rings is 1. The second-order valence-corrected chi connectivity index (χ2v) is 5.84. The summed E-state index contributed by atoms with van der Waals surface area (Å²) >= 11 is 7.51. The highest BCUT2D eigenvalue weighted by atomic mass is 35.5. The normalized spacial score (nSPS) is 12.2. The first-order chi connectivity index (χ1) is 9.11. The van der Waals surface area contributed by atoms with Gasteiger partial charge in [-0.05, 0) is 32.9 Å². The van der Waals surface area contributed by atoms with Crippen molar-refractivity contribution in [2.24, 2.45) is 0 Å². The van der Waals surface area contributed by atoms with E-state index in [1.54, 1.807) is 11.3 Å². The van der Waals surface area contributed by atoms with Gasteiger partial charge in [-0.25, -0.2) is 9.97 Å². The molecule has 0 radical (unpaired) electrons. The van der Waals surface area contributed by atoms with Crippen molar-refractivity contribution in [2.75, 3.05) is 11.9 Å². The quantitative estimate of drug-likeness (QED) is 0.903. The third-order valence-electron chi connectivity index (χ3n) is 2.69. The monoisotopic (exact) mass is 297 g/mol. The van der Waals surface area contributed by atoms with Gasteiger partial charge in [-0.3, -0.25) is 0 Å². The van der Waals surface area contributed by atoms with Gasteiger partial charge >= 0.3 is 0 Å². The highest BCUT2D eigenvalue weighted by Gasteiger charge is 2.13. The number of nitrogens with zero attached hydrogens (tertiary/aromatic N) is 2. The van der Waals surface area contributed by atoms with Crippen LogP contribution in [0.15, 0.2) is 18.5 Å². The molecule has 0 fully saturated rings. The maximum absolute atomic E-state index is 5.95. The van der Waals surface area contributed by atoms with Crippen LogP contribution in [0.2, 0.25) is 4.34 Å². The van der Waals surface area contributed by atoms with Gasteiger partial charge in [-0.2, -0.15) is 0 Å². The van der Waals surface area contributed by atoms with Gasteiger partial charge in [-0.1, -0.05) is 11.6 Å². The summed E-state index contributed by atoms with van der Waals surface area (Å²) in [4.78, 5) is 9.55. The van der Waals surface area contributed by atoms with Crippen molar-refractivity contribution in [2.45, 2.75) is 26.8 Å². The summed E-state index contributed by atoms with van der Waals surface area (Å²) in [7, 11) is 0. The van der Waals surface area contributed by atoms with Gasteiger partial charge in [0.15, 0.2) is 0 Å². The largest absolute Gasteiger partial charge is 0.478 e. The average Bonchev–Trinajstić information content (AvgIpc) is 2.81. The topological polar surface area (TPSA) is 47.0 Å². The maximum Gasteiger partial charge on any atom is 0.221 e. The van der Waals surface area contributed by atoms with Gasteiger partial charge < -0.3 is 10.1 Å². The Kier molecular flexibility index (Phi) is 4.61. The van der Waals surface area contributed by atoms with Gasteiger partial charge in [0.2, 0.25) is 5.88 Å². The molecule has 2 rings (SSSR count). The van der Waals surface area contributed by atoms with Crippen LogP contribution in [-0.4, -0.2) is 16.6 Å². The van der Waals surface area contributed by atoms with E-state index in [1.165, 1.54) is 11.2 Å². The van der Waals surface area contributed by atoms with E-state index in [9.17, 15) is 0 Å². The summed E-state index contributed by atoms with van der Waals surface area (Å²) in [5, 5.41) is 3.36. The predicted octanol–water partition coefficient (Wildman–Crippen LogP) is 4.07. The molecule has 0 amide bonds. The summed E-state index contributed by atoms with van der Waals surface area (Å²) in [6.45, 7) is 6.55. The summed E-state index contributed by atoms with van der Waals surface area (Å²) in [6.07, 6.45) is 1.51. The Hall–Kier alpha value is -1.33. The fourth-order valence-corrected chi connectivity index (χ4v) is 2.76. The number of anilines is 1. The van der Waals surface area contributed by atoms with Crippen LogP contribution in [0.3, 0.4) is 0 Å². The molecule has 0 bridgehead atoms. The van der Waals surface area contributed by atoms with Crippen LogP contribution in [0, 0.1) is 6.92 Å². The molecule has 1 unspecified atom stereocenters. The fraction of sp³-hybridized carbons (Fsp3) is 0.385. The third kappa shape index (κ3) is 3.36. The van der Waals surface area contributed by atoms with Crippen LogP contribution in [0.5, 0.6) is 5.88 Å². The second-order valence-electron chi connectivity index (χ2n) is 4.09. The Morgan fingerprint density at radius 2 is 2.21 bits per heavy atom. The minimum absolute atomic E-state index is 0.139. The molecule has 2 aromatic heterocycles. The molecule has 4 nitrogen and oxygen atoms in total. The summed E-state index contributed by atoms with van der Waals surface area (Å²) in [5.41, 5.74) is 0.916. The molecular formula is C13H16ClN3OS. The van der Waals surface area contributed by atoms with Crippen molar-refractivity contribution in [3.05, 3.63) is 33.2 Å². The molecule has 2 aromatic rings. The van der Waals surface area contributed by atoms with Crippen molar-refractivity contribution in [3.8, 4) is 5.88 Å². The first kappa shape index (κ1) is 14.1. The lowest BCUT2D eigenvalue weighted by atomic mass is 10.2. The Labute approximate surface area is 121 Å². The molecule has 102 valence electrons. The molecule has 6 heteroatoms. The molecule has 0 saturated carbocycles. The van der Waals surface area contributed by atoms with Gasteiger partial charge in [0.25, 0.3) is 0 Å².